The van der Waals surface area contributed by atoms with Gasteiger partial charge in [-0.15, -0.1) is 23.2 Å². The number of hydrogen-bond acceptors (Lipinski definition) is 2. The molecule has 2 fully saturated rings. The van der Waals surface area contributed by atoms with Gasteiger partial charge in [0.15, 0.2) is 6.29 Å². The van der Waals surface area contributed by atoms with Crippen molar-refractivity contribution in [2.75, 3.05) is 13.2 Å². The third-order valence-corrected chi connectivity index (χ3v) is 4.70. The van der Waals surface area contributed by atoms with Crippen molar-refractivity contribution < 1.29 is 9.47 Å². The lowest BCUT2D eigenvalue weighted by Crippen LogP contribution is -2.14. The van der Waals surface area contributed by atoms with Crippen LogP contribution < -0.4 is 0 Å². The highest BCUT2D eigenvalue weighted by atomic mass is 35.5. The van der Waals surface area contributed by atoms with E-state index in [2.05, 4.69) is 0 Å². The van der Waals surface area contributed by atoms with Gasteiger partial charge >= 0.3 is 0 Å². The molecule has 0 N–H and O–H groups in total. The van der Waals surface area contributed by atoms with Gasteiger partial charge in [-0.1, -0.05) is 23.2 Å². The molecule has 0 unspecified atom stereocenters. The maximum atomic E-state index is 6.31. The molecule has 18 heavy (non-hydrogen) atoms. The summed E-state index contributed by atoms with van der Waals surface area (Å²) >= 11 is 24.6. The second kappa shape index (κ2) is 4.69. The van der Waals surface area contributed by atoms with Crippen molar-refractivity contribution in [3.05, 3.63) is 33.8 Å². The highest BCUT2D eigenvalue weighted by Crippen LogP contribution is 2.67. The van der Waals surface area contributed by atoms with E-state index >= 15 is 0 Å². The van der Waals surface area contributed by atoms with Crippen molar-refractivity contribution in [1.29, 1.82) is 0 Å². The Morgan fingerprint density at radius 3 is 2.11 bits per heavy atom. The maximum absolute atomic E-state index is 6.31. The lowest BCUT2D eigenvalue weighted by atomic mass is 10.1. The number of halogens is 4. The summed E-state index contributed by atoms with van der Waals surface area (Å²) < 4.78 is 10.0. The molecule has 2 nitrogen and oxygen atoms in total. The Kier molecular flexibility index (Phi) is 3.46. The van der Waals surface area contributed by atoms with Crippen LogP contribution in [0.15, 0.2) is 18.2 Å². The molecule has 2 atom stereocenters. The number of alkyl halides is 2. The summed E-state index contributed by atoms with van der Waals surface area (Å²) in [5, 5.41) is 1.14. The Labute approximate surface area is 125 Å². The van der Waals surface area contributed by atoms with Gasteiger partial charge in [0.05, 0.1) is 19.1 Å². The molecule has 1 aliphatic carbocycles. The van der Waals surface area contributed by atoms with Gasteiger partial charge in [-0.3, -0.25) is 0 Å². The lowest BCUT2D eigenvalue weighted by Gasteiger charge is -2.08. The van der Waals surface area contributed by atoms with Crippen LogP contribution in [0.1, 0.15) is 11.5 Å². The first-order valence-electron chi connectivity index (χ1n) is 5.57. The van der Waals surface area contributed by atoms with Crippen LogP contribution in [-0.4, -0.2) is 23.8 Å². The number of rotatable bonds is 2. The van der Waals surface area contributed by atoms with Crippen LogP contribution in [0.2, 0.25) is 10.0 Å². The SMILES string of the molecule is Clc1cc(Cl)cc([C@H]2[C@H](C3OCCO3)C2(Cl)Cl)c1. The van der Waals surface area contributed by atoms with Crippen molar-refractivity contribution in [1.82, 2.24) is 0 Å². The minimum atomic E-state index is -0.886. The molecule has 1 heterocycles. The van der Waals surface area contributed by atoms with Gasteiger partial charge in [-0.05, 0) is 23.8 Å². The standard InChI is InChI=1S/C12H10Cl4O2/c13-7-3-6(4-8(14)5-7)9-10(12(9,15)16)11-17-1-2-18-11/h3-5,9-11H,1-2H2/t9-,10+/m0/s1. The van der Waals surface area contributed by atoms with Crippen LogP contribution in [0.5, 0.6) is 0 Å². The Morgan fingerprint density at radius 2 is 1.56 bits per heavy atom. The summed E-state index contributed by atoms with van der Waals surface area (Å²) in [7, 11) is 0. The first kappa shape index (κ1) is 13.3. The topological polar surface area (TPSA) is 18.5 Å². The van der Waals surface area contributed by atoms with Gasteiger partial charge in [0.2, 0.25) is 0 Å². The van der Waals surface area contributed by atoms with Crippen molar-refractivity contribution in [3.63, 3.8) is 0 Å². The molecule has 98 valence electrons. The van der Waals surface area contributed by atoms with Crippen LogP contribution >= 0.6 is 46.4 Å². The van der Waals surface area contributed by atoms with Crippen molar-refractivity contribution >= 4 is 46.4 Å². The zero-order valence-corrected chi connectivity index (χ0v) is 12.2. The molecule has 3 rings (SSSR count). The molecule has 0 amide bonds. The van der Waals surface area contributed by atoms with Crippen LogP contribution in [0.4, 0.5) is 0 Å². The zero-order chi connectivity index (χ0) is 12.9. The van der Waals surface area contributed by atoms with E-state index in [-0.39, 0.29) is 18.1 Å². The van der Waals surface area contributed by atoms with E-state index in [1.165, 1.54) is 0 Å². The average molecular weight is 328 g/mol. The molecule has 0 aromatic heterocycles. The summed E-state index contributed by atoms with van der Waals surface area (Å²) in [5.74, 6) is -0.155. The van der Waals surface area contributed by atoms with Gasteiger partial charge < -0.3 is 9.47 Å². The normalized spacial score (nSPS) is 30.7. The van der Waals surface area contributed by atoms with Gasteiger partial charge in [0, 0.05) is 16.0 Å². The average Bonchev–Trinajstić information content (AvgIpc) is 2.65. The molecule has 1 saturated carbocycles. The highest BCUT2D eigenvalue weighted by Gasteiger charge is 2.68. The van der Waals surface area contributed by atoms with E-state index < -0.39 is 4.33 Å². The van der Waals surface area contributed by atoms with Crippen molar-refractivity contribution in [3.8, 4) is 0 Å². The molecule has 0 radical (unpaired) electrons. The summed E-state index contributed by atoms with van der Waals surface area (Å²) in [6.07, 6.45) is -0.345. The fourth-order valence-corrected chi connectivity index (χ4v) is 3.86. The number of ether oxygens (including phenoxy) is 2. The van der Waals surface area contributed by atoms with E-state index in [1.54, 1.807) is 6.07 Å². The molecular formula is C12H10Cl4O2. The summed E-state index contributed by atoms with van der Waals surface area (Å²) in [4.78, 5) is 0. The first-order valence-corrected chi connectivity index (χ1v) is 7.08. The van der Waals surface area contributed by atoms with E-state index in [1.807, 2.05) is 12.1 Å². The molecular weight excluding hydrogens is 318 g/mol. The summed E-state index contributed by atoms with van der Waals surface area (Å²) in [6.45, 7) is 1.15. The Morgan fingerprint density at radius 1 is 1.00 bits per heavy atom. The molecule has 1 aromatic rings. The largest absolute Gasteiger partial charge is 0.350 e. The van der Waals surface area contributed by atoms with Crippen LogP contribution in [0.25, 0.3) is 0 Å². The lowest BCUT2D eigenvalue weighted by molar-refractivity contribution is -0.0591. The smallest absolute Gasteiger partial charge is 0.164 e. The van der Waals surface area contributed by atoms with E-state index in [0.717, 1.165) is 5.56 Å². The molecule has 1 aliphatic heterocycles. The number of benzene rings is 1. The Hall–Kier alpha value is 0.300. The fourth-order valence-electron chi connectivity index (χ4n) is 2.46. The van der Waals surface area contributed by atoms with E-state index in [0.29, 0.717) is 23.3 Å². The molecule has 0 spiro atoms. The van der Waals surface area contributed by atoms with Crippen LogP contribution in [-0.2, 0) is 9.47 Å². The quantitative estimate of drug-likeness (QED) is 0.756. The van der Waals surface area contributed by atoms with Gasteiger partial charge in [-0.25, -0.2) is 0 Å². The fraction of sp³-hybridized carbons (Fsp3) is 0.500. The third kappa shape index (κ3) is 2.24. The van der Waals surface area contributed by atoms with Crippen LogP contribution in [0, 0.1) is 5.92 Å². The molecule has 0 bridgehead atoms. The third-order valence-electron chi connectivity index (χ3n) is 3.29. The van der Waals surface area contributed by atoms with E-state index in [9.17, 15) is 0 Å². The Balaban J connectivity index is 1.88. The zero-order valence-electron chi connectivity index (χ0n) is 9.21. The minimum absolute atomic E-state index is 0.0693. The second-order valence-corrected chi connectivity index (χ2v) is 6.81. The minimum Gasteiger partial charge on any atom is -0.350 e. The summed E-state index contributed by atoms with van der Waals surface area (Å²) in [6, 6.07) is 5.33. The van der Waals surface area contributed by atoms with Gasteiger partial charge in [0.25, 0.3) is 0 Å². The summed E-state index contributed by atoms with van der Waals surface area (Å²) in [5.41, 5.74) is 0.918. The second-order valence-electron chi connectivity index (χ2n) is 4.49. The molecule has 6 heteroatoms. The monoisotopic (exact) mass is 326 g/mol. The predicted octanol–water partition coefficient (Wildman–Crippen LogP) is 4.25. The number of hydrogen-bond donors (Lipinski definition) is 0. The van der Waals surface area contributed by atoms with Crippen LogP contribution in [0.3, 0.4) is 0 Å². The predicted molar refractivity (Wildman–Crippen MR) is 72.8 cm³/mol. The molecule has 2 aliphatic rings. The van der Waals surface area contributed by atoms with Gasteiger partial charge in [-0.2, -0.15) is 0 Å². The Bertz CT molecular complexity index is 451. The van der Waals surface area contributed by atoms with Crippen molar-refractivity contribution in [2.45, 2.75) is 16.5 Å². The first-order chi connectivity index (χ1) is 8.50. The van der Waals surface area contributed by atoms with Gasteiger partial charge in [0.1, 0.15) is 4.33 Å². The maximum Gasteiger partial charge on any atom is 0.164 e. The van der Waals surface area contributed by atoms with E-state index in [4.69, 9.17) is 55.9 Å². The molecule has 1 saturated heterocycles. The highest BCUT2D eigenvalue weighted by molar-refractivity contribution is 6.52. The molecule has 1 aromatic carbocycles. The van der Waals surface area contributed by atoms with Crippen molar-refractivity contribution in [2.24, 2.45) is 5.92 Å².